The van der Waals surface area contributed by atoms with Crippen LogP contribution in [-0.4, -0.2) is 24.3 Å². The van der Waals surface area contributed by atoms with Gasteiger partial charge in [0.05, 0.1) is 21.7 Å². The van der Waals surface area contributed by atoms with E-state index in [0.717, 1.165) is 6.07 Å². The molecule has 3 aromatic rings. The van der Waals surface area contributed by atoms with Crippen molar-refractivity contribution in [2.75, 3.05) is 11.9 Å². The van der Waals surface area contributed by atoms with E-state index in [1.54, 1.807) is 23.6 Å². The zero-order valence-electron chi connectivity index (χ0n) is 15.5. The van der Waals surface area contributed by atoms with Gasteiger partial charge < -0.3 is 10.1 Å². The first-order valence-corrected chi connectivity index (χ1v) is 9.93. The molecule has 0 radical (unpaired) electrons. The Hall–Kier alpha value is -3.17. The lowest BCUT2D eigenvalue weighted by atomic mass is 10.0. The van der Waals surface area contributed by atoms with Gasteiger partial charge in [0.15, 0.2) is 6.61 Å². The summed E-state index contributed by atoms with van der Waals surface area (Å²) in [5, 5.41) is 3.61. The molecule has 5 nitrogen and oxygen atoms in total. The lowest BCUT2D eigenvalue weighted by molar-refractivity contribution is -0.137. The Morgan fingerprint density at radius 1 is 1.00 bits per heavy atom. The van der Waals surface area contributed by atoms with Gasteiger partial charge in [0.25, 0.3) is 5.91 Å². The lowest BCUT2D eigenvalue weighted by Crippen LogP contribution is -2.23. The van der Waals surface area contributed by atoms with Crippen molar-refractivity contribution in [3.63, 3.8) is 0 Å². The number of nitrogens with one attached hydrogen (secondary N) is 1. The summed E-state index contributed by atoms with van der Waals surface area (Å²) in [7, 11) is 0. The maximum absolute atomic E-state index is 13.1. The zero-order chi connectivity index (χ0) is 22.6. The molecule has 0 spiro atoms. The molecule has 2 aromatic carbocycles. The second-order valence-corrected chi connectivity index (χ2v) is 7.55. The minimum atomic E-state index is -4.74. The third kappa shape index (κ3) is 5.50. The number of hydrogen-bond acceptors (Lipinski definition) is 5. The average Bonchev–Trinajstić information content (AvgIpc) is 3.27. The molecular weight excluding hydrogens is 455 g/mol. The monoisotopic (exact) mass is 467 g/mol. The highest BCUT2D eigenvalue weighted by Gasteiger charge is 2.34. The van der Waals surface area contributed by atoms with Gasteiger partial charge in [0, 0.05) is 10.6 Å². The predicted molar refractivity (Wildman–Crippen MR) is 110 cm³/mol. The molecule has 0 aliphatic heterocycles. The number of halogens is 4. The predicted octanol–water partition coefficient (Wildman–Crippen LogP) is 5.45. The molecular formula is C21H13ClF3NO4S. The van der Waals surface area contributed by atoms with Gasteiger partial charge in [-0.15, -0.1) is 11.3 Å². The average molecular weight is 468 g/mol. The standard InChI is InChI=1S/C21H13ClF3NO4S/c22-12-7-8-16(15(10-12)21(23,24)25)26-18(27)11-30-20(29)14-5-2-1-4-13(14)19(28)17-6-3-9-31-17/h1-10H,11H2,(H,26,27). The van der Waals surface area contributed by atoms with Gasteiger partial charge >= 0.3 is 12.1 Å². The van der Waals surface area contributed by atoms with E-state index in [-0.39, 0.29) is 21.9 Å². The first kappa shape index (κ1) is 22.5. The Balaban J connectivity index is 1.70. The van der Waals surface area contributed by atoms with Crippen LogP contribution in [0.15, 0.2) is 60.0 Å². The number of thiophene rings is 1. The number of anilines is 1. The van der Waals surface area contributed by atoms with Gasteiger partial charge in [-0.2, -0.15) is 13.2 Å². The highest BCUT2D eigenvalue weighted by Crippen LogP contribution is 2.36. The number of hydrogen-bond donors (Lipinski definition) is 1. The van der Waals surface area contributed by atoms with E-state index in [1.807, 2.05) is 0 Å². The number of rotatable bonds is 6. The summed E-state index contributed by atoms with van der Waals surface area (Å²) >= 11 is 6.80. The molecule has 0 fully saturated rings. The summed E-state index contributed by atoms with van der Waals surface area (Å²) in [6.45, 7) is -0.847. The third-order valence-electron chi connectivity index (χ3n) is 4.03. The zero-order valence-corrected chi connectivity index (χ0v) is 17.1. The van der Waals surface area contributed by atoms with E-state index >= 15 is 0 Å². The summed E-state index contributed by atoms with van der Waals surface area (Å²) in [4.78, 5) is 37.5. The van der Waals surface area contributed by atoms with Gasteiger partial charge in [-0.3, -0.25) is 9.59 Å². The van der Waals surface area contributed by atoms with Crippen molar-refractivity contribution in [1.29, 1.82) is 0 Å². The number of benzene rings is 2. The summed E-state index contributed by atoms with van der Waals surface area (Å²) < 4.78 is 44.3. The van der Waals surface area contributed by atoms with Gasteiger partial charge in [-0.1, -0.05) is 35.9 Å². The molecule has 160 valence electrons. The third-order valence-corrected chi connectivity index (χ3v) is 5.14. The van der Waals surface area contributed by atoms with Crippen molar-refractivity contribution < 1.29 is 32.3 Å². The van der Waals surface area contributed by atoms with Gasteiger partial charge in [0.1, 0.15) is 0 Å². The van der Waals surface area contributed by atoms with Gasteiger partial charge in [-0.25, -0.2) is 4.79 Å². The fourth-order valence-corrected chi connectivity index (χ4v) is 3.50. The molecule has 3 rings (SSSR count). The minimum Gasteiger partial charge on any atom is -0.452 e. The number of ether oxygens (including phenoxy) is 1. The van der Waals surface area contributed by atoms with Crippen molar-refractivity contribution in [2.24, 2.45) is 0 Å². The molecule has 0 saturated heterocycles. The molecule has 1 aromatic heterocycles. The van der Waals surface area contributed by atoms with Crippen LogP contribution in [0.2, 0.25) is 5.02 Å². The highest BCUT2D eigenvalue weighted by molar-refractivity contribution is 7.12. The van der Waals surface area contributed by atoms with E-state index in [4.69, 9.17) is 16.3 Å². The molecule has 0 unspecified atom stereocenters. The fourth-order valence-electron chi connectivity index (χ4n) is 2.65. The molecule has 0 saturated carbocycles. The SMILES string of the molecule is O=C(COC(=O)c1ccccc1C(=O)c1cccs1)Nc1ccc(Cl)cc1C(F)(F)F. The second kappa shape index (κ2) is 9.32. The highest BCUT2D eigenvalue weighted by atomic mass is 35.5. The molecule has 1 heterocycles. The Morgan fingerprint density at radius 3 is 2.35 bits per heavy atom. The Morgan fingerprint density at radius 2 is 1.71 bits per heavy atom. The Labute approximate surface area is 183 Å². The Kier molecular flexibility index (Phi) is 6.77. The number of esters is 1. The van der Waals surface area contributed by atoms with E-state index in [2.05, 4.69) is 5.32 Å². The molecule has 10 heteroatoms. The quantitative estimate of drug-likeness (QED) is 0.386. The summed E-state index contributed by atoms with van der Waals surface area (Å²) in [5.74, 6) is -2.32. The first-order valence-electron chi connectivity index (χ1n) is 8.68. The normalized spacial score (nSPS) is 11.1. The van der Waals surface area contributed by atoms with E-state index < -0.39 is 35.9 Å². The van der Waals surface area contributed by atoms with Crippen molar-refractivity contribution in [1.82, 2.24) is 0 Å². The van der Waals surface area contributed by atoms with Crippen LogP contribution in [0.5, 0.6) is 0 Å². The van der Waals surface area contributed by atoms with Crippen LogP contribution in [0, 0.1) is 0 Å². The molecule has 1 amide bonds. The topological polar surface area (TPSA) is 72.5 Å². The van der Waals surface area contributed by atoms with Crippen LogP contribution in [0.1, 0.15) is 31.2 Å². The largest absolute Gasteiger partial charge is 0.452 e. The molecule has 0 aliphatic carbocycles. The number of carbonyl (C=O) groups excluding carboxylic acids is 3. The van der Waals surface area contributed by atoms with Gasteiger partial charge in [-0.05, 0) is 35.7 Å². The molecule has 31 heavy (non-hydrogen) atoms. The van der Waals surface area contributed by atoms with Crippen LogP contribution in [0.3, 0.4) is 0 Å². The summed E-state index contributed by atoms with van der Waals surface area (Å²) in [6.07, 6.45) is -4.74. The molecule has 0 bridgehead atoms. The number of carbonyl (C=O) groups is 3. The Bertz CT molecular complexity index is 1130. The minimum absolute atomic E-state index is 0.0591. The number of amides is 1. The first-order chi connectivity index (χ1) is 14.7. The maximum atomic E-state index is 13.1. The second-order valence-electron chi connectivity index (χ2n) is 6.16. The molecule has 0 aliphatic rings. The van der Waals surface area contributed by atoms with Crippen LogP contribution in [0.25, 0.3) is 0 Å². The van der Waals surface area contributed by atoms with Crippen molar-refractivity contribution >= 4 is 46.3 Å². The lowest BCUT2D eigenvalue weighted by Gasteiger charge is -2.14. The van der Waals surface area contributed by atoms with Crippen LogP contribution in [0.4, 0.5) is 18.9 Å². The molecule has 1 N–H and O–H groups in total. The van der Waals surface area contributed by atoms with Crippen molar-refractivity contribution in [2.45, 2.75) is 6.18 Å². The van der Waals surface area contributed by atoms with Gasteiger partial charge in [0.2, 0.25) is 5.78 Å². The number of alkyl halides is 3. The van der Waals surface area contributed by atoms with E-state index in [1.165, 1.54) is 35.6 Å². The van der Waals surface area contributed by atoms with E-state index in [0.29, 0.717) is 10.9 Å². The van der Waals surface area contributed by atoms with Crippen LogP contribution < -0.4 is 5.32 Å². The fraction of sp³-hybridized carbons (Fsp3) is 0.0952. The summed E-state index contributed by atoms with van der Waals surface area (Å²) in [5.41, 5.74) is -1.62. The van der Waals surface area contributed by atoms with E-state index in [9.17, 15) is 27.6 Å². The van der Waals surface area contributed by atoms with Crippen molar-refractivity contribution in [3.8, 4) is 0 Å². The maximum Gasteiger partial charge on any atom is 0.418 e. The smallest absolute Gasteiger partial charge is 0.418 e. The molecule has 0 atom stereocenters. The van der Waals surface area contributed by atoms with Crippen LogP contribution in [-0.2, 0) is 15.7 Å². The van der Waals surface area contributed by atoms with Crippen LogP contribution >= 0.6 is 22.9 Å². The number of ketones is 1. The summed E-state index contributed by atoms with van der Waals surface area (Å²) in [6, 6.07) is 12.1. The van der Waals surface area contributed by atoms with Crippen molar-refractivity contribution in [3.05, 3.63) is 86.6 Å².